The Morgan fingerprint density at radius 3 is 2.54 bits per heavy atom. The molecule has 1 N–H and O–H groups in total. The summed E-state index contributed by atoms with van der Waals surface area (Å²) in [5, 5.41) is 8.85. The van der Waals surface area contributed by atoms with Gasteiger partial charge in [0.1, 0.15) is 6.04 Å². The minimum Gasteiger partial charge on any atom is -0.480 e. The van der Waals surface area contributed by atoms with Crippen molar-refractivity contribution in [2.45, 2.75) is 66.8 Å². The van der Waals surface area contributed by atoms with Crippen LogP contribution in [0, 0.1) is 5.41 Å². The molecule has 1 aliphatic rings. The van der Waals surface area contributed by atoms with E-state index in [0.29, 0.717) is 5.71 Å². The minimum atomic E-state index is -0.906. The highest BCUT2D eigenvalue weighted by atomic mass is 16.4. The normalized spacial score (nSPS) is 20.9. The van der Waals surface area contributed by atoms with Gasteiger partial charge < -0.3 is 5.11 Å². The second kappa shape index (κ2) is 8.81. The predicted molar refractivity (Wildman–Crippen MR) is 103 cm³/mol. The molecule has 0 aromatic carbocycles. The van der Waals surface area contributed by atoms with Crippen LogP contribution in [0.25, 0.3) is 0 Å². The first-order chi connectivity index (χ1) is 11.1. The summed E-state index contributed by atoms with van der Waals surface area (Å²) in [6.07, 6.45) is 13.9. The van der Waals surface area contributed by atoms with Crippen molar-refractivity contribution in [1.29, 1.82) is 0 Å². The molecule has 3 heteroatoms. The summed E-state index contributed by atoms with van der Waals surface area (Å²) in [5.41, 5.74) is 5.08. The summed E-state index contributed by atoms with van der Waals surface area (Å²) >= 11 is 0. The Morgan fingerprint density at radius 2 is 1.96 bits per heavy atom. The van der Waals surface area contributed by atoms with Crippen LogP contribution in [0.1, 0.15) is 60.8 Å². The van der Waals surface area contributed by atoms with Crippen molar-refractivity contribution in [2.24, 2.45) is 10.4 Å². The van der Waals surface area contributed by atoms with Crippen LogP contribution in [0.4, 0.5) is 0 Å². The maximum atomic E-state index is 10.8. The van der Waals surface area contributed by atoms with Crippen LogP contribution in [0.5, 0.6) is 0 Å². The number of allylic oxidation sites excluding steroid dienone is 8. The lowest BCUT2D eigenvalue weighted by molar-refractivity contribution is -0.137. The van der Waals surface area contributed by atoms with Crippen molar-refractivity contribution in [3.63, 3.8) is 0 Å². The highest BCUT2D eigenvalue weighted by Crippen LogP contribution is 2.40. The van der Waals surface area contributed by atoms with Gasteiger partial charge in [-0.05, 0) is 64.0 Å². The fraction of sp³-hybridized carbons (Fsp3) is 0.524. The molecule has 0 bridgehead atoms. The molecule has 24 heavy (non-hydrogen) atoms. The molecule has 0 aromatic heterocycles. The topological polar surface area (TPSA) is 49.7 Å². The first kappa shape index (κ1) is 20.1. The number of aliphatic carboxylic acids is 1. The average Bonchev–Trinajstić information content (AvgIpc) is 2.45. The van der Waals surface area contributed by atoms with Gasteiger partial charge in [0.25, 0.3) is 0 Å². The molecule has 1 aliphatic carbocycles. The number of hydrogen-bond acceptors (Lipinski definition) is 2. The largest absolute Gasteiger partial charge is 0.480 e. The summed E-state index contributed by atoms with van der Waals surface area (Å²) in [5.74, 6) is -0.906. The Bertz CT molecular complexity index is 616. The quantitative estimate of drug-likeness (QED) is 0.516. The Hall–Kier alpha value is -1.90. The Kier molecular flexibility index (Phi) is 7.40. The van der Waals surface area contributed by atoms with Gasteiger partial charge in [0, 0.05) is 5.71 Å². The molecule has 0 heterocycles. The van der Waals surface area contributed by atoms with Crippen molar-refractivity contribution in [3.8, 4) is 0 Å². The number of hydrogen-bond donors (Lipinski definition) is 1. The molecule has 3 nitrogen and oxygen atoms in total. The molecule has 0 unspecified atom stereocenters. The Morgan fingerprint density at radius 1 is 1.29 bits per heavy atom. The van der Waals surface area contributed by atoms with E-state index in [1.165, 1.54) is 30.4 Å². The van der Waals surface area contributed by atoms with Crippen molar-refractivity contribution in [3.05, 3.63) is 47.1 Å². The molecule has 0 spiro atoms. The lowest BCUT2D eigenvalue weighted by atomic mass is 9.72. The number of carbonyl (C=O) groups is 1. The summed E-state index contributed by atoms with van der Waals surface area (Å²) in [6.45, 7) is 12.3. The SMILES string of the molecule is CC(/C=C/C=C(C)/C=C/C1=C(C)CCCC1(C)C)=N[C@@H](C)C(=O)O. The molecule has 0 saturated carbocycles. The zero-order valence-corrected chi connectivity index (χ0v) is 15.9. The van der Waals surface area contributed by atoms with E-state index in [1.54, 1.807) is 6.92 Å². The summed E-state index contributed by atoms with van der Waals surface area (Å²) < 4.78 is 0. The first-order valence-electron chi connectivity index (χ1n) is 8.64. The maximum Gasteiger partial charge on any atom is 0.328 e. The van der Waals surface area contributed by atoms with E-state index in [1.807, 2.05) is 25.2 Å². The lowest BCUT2D eigenvalue weighted by Crippen LogP contribution is -2.19. The third-order valence-corrected chi connectivity index (χ3v) is 4.51. The third-order valence-electron chi connectivity index (χ3n) is 4.51. The molecule has 0 aliphatic heterocycles. The molecular formula is C21H31NO2. The van der Waals surface area contributed by atoms with Crippen LogP contribution >= 0.6 is 0 Å². The monoisotopic (exact) mass is 329 g/mol. The highest BCUT2D eigenvalue weighted by molar-refractivity contribution is 5.94. The maximum absolute atomic E-state index is 10.8. The summed E-state index contributed by atoms with van der Waals surface area (Å²) in [4.78, 5) is 14.9. The van der Waals surface area contributed by atoms with Crippen molar-refractivity contribution in [1.82, 2.24) is 0 Å². The average molecular weight is 329 g/mol. The number of rotatable bonds is 6. The van der Waals surface area contributed by atoms with Crippen molar-refractivity contribution < 1.29 is 9.90 Å². The van der Waals surface area contributed by atoms with E-state index in [9.17, 15) is 4.79 Å². The van der Waals surface area contributed by atoms with Gasteiger partial charge in [0.05, 0.1) is 0 Å². The van der Waals surface area contributed by atoms with Gasteiger partial charge in [0.2, 0.25) is 0 Å². The standard InChI is InChI=1S/C21H31NO2/c1-15(9-7-11-17(3)22-18(4)20(23)24)12-13-19-16(2)10-8-14-21(19,5)6/h7,9,11-13,18H,8,10,14H2,1-6H3,(H,23,24)/b11-7+,13-12+,15-9+,22-17?/t18-/m0/s1. The fourth-order valence-electron chi connectivity index (χ4n) is 3.02. The molecule has 0 radical (unpaired) electrons. The predicted octanol–water partition coefficient (Wildman–Crippen LogP) is 5.51. The first-order valence-corrected chi connectivity index (χ1v) is 8.64. The highest BCUT2D eigenvalue weighted by Gasteiger charge is 2.26. The van der Waals surface area contributed by atoms with Gasteiger partial charge in [-0.2, -0.15) is 0 Å². The van der Waals surface area contributed by atoms with E-state index in [-0.39, 0.29) is 5.41 Å². The van der Waals surface area contributed by atoms with Gasteiger partial charge in [-0.3, -0.25) is 4.99 Å². The van der Waals surface area contributed by atoms with Crippen molar-refractivity contribution >= 4 is 11.7 Å². The molecule has 0 amide bonds. The van der Waals surface area contributed by atoms with Gasteiger partial charge in [-0.15, -0.1) is 0 Å². The molecule has 0 aromatic rings. The third kappa shape index (κ3) is 6.31. The van der Waals surface area contributed by atoms with E-state index in [4.69, 9.17) is 5.11 Å². The van der Waals surface area contributed by atoms with Gasteiger partial charge in [-0.25, -0.2) is 4.79 Å². The molecule has 1 rings (SSSR count). The molecular weight excluding hydrogens is 298 g/mol. The zero-order valence-electron chi connectivity index (χ0n) is 15.9. The molecule has 0 saturated heterocycles. The van der Waals surface area contributed by atoms with Crippen LogP contribution in [-0.4, -0.2) is 22.8 Å². The van der Waals surface area contributed by atoms with Crippen LogP contribution < -0.4 is 0 Å². The number of carboxylic acids is 1. The Labute approximate surface area is 146 Å². The van der Waals surface area contributed by atoms with Crippen LogP contribution in [-0.2, 0) is 4.79 Å². The number of carboxylic acid groups (broad SMARTS) is 1. The Balaban J connectivity index is 2.77. The fourth-order valence-corrected chi connectivity index (χ4v) is 3.02. The van der Waals surface area contributed by atoms with E-state index < -0.39 is 12.0 Å². The van der Waals surface area contributed by atoms with Crippen LogP contribution in [0.3, 0.4) is 0 Å². The van der Waals surface area contributed by atoms with Gasteiger partial charge in [0.15, 0.2) is 0 Å². The number of nitrogens with zero attached hydrogens (tertiary/aromatic N) is 1. The van der Waals surface area contributed by atoms with E-state index in [2.05, 4.69) is 44.8 Å². The van der Waals surface area contributed by atoms with E-state index in [0.717, 1.165) is 5.57 Å². The van der Waals surface area contributed by atoms with Crippen LogP contribution in [0.2, 0.25) is 0 Å². The number of aliphatic imine (C=N–C) groups is 1. The second-order valence-corrected chi connectivity index (χ2v) is 7.32. The van der Waals surface area contributed by atoms with Gasteiger partial charge >= 0.3 is 5.97 Å². The van der Waals surface area contributed by atoms with E-state index >= 15 is 0 Å². The van der Waals surface area contributed by atoms with Crippen molar-refractivity contribution in [2.75, 3.05) is 0 Å². The molecule has 1 atom stereocenters. The zero-order chi connectivity index (χ0) is 18.3. The van der Waals surface area contributed by atoms with Gasteiger partial charge in [-0.1, -0.05) is 49.3 Å². The second-order valence-electron chi connectivity index (χ2n) is 7.32. The van der Waals surface area contributed by atoms with Crippen LogP contribution in [0.15, 0.2) is 52.1 Å². The smallest absolute Gasteiger partial charge is 0.328 e. The molecule has 0 fully saturated rings. The minimum absolute atomic E-state index is 0.255. The summed E-state index contributed by atoms with van der Waals surface area (Å²) in [6, 6.07) is -0.705. The summed E-state index contributed by atoms with van der Waals surface area (Å²) in [7, 11) is 0. The molecule has 132 valence electrons. The lowest BCUT2D eigenvalue weighted by Gasteiger charge is -2.32.